The SMILES string of the molecule is CCCNC(=NC)NCC1CN(C)CCO1. The molecule has 94 valence electrons. The van der Waals surface area contributed by atoms with E-state index in [4.69, 9.17) is 4.74 Å². The van der Waals surface area contributed by atoms with Crippen LogP contribution in [0, 0.1) is 0 Å². The van der Waals surface area contributed by atoms with Gasteiger partial charge in [-0.1, -0.05) is 6.92 Å². The van der Waals surface area contributed by atoms with Gasteiger partial charge >= 0.3 is 0 Å². The molecule has 0 saturated carbocycles. The molecule has 5 nitrogen and oxygen atoms in total. The number of morpholine rings is 1. The average molecular weight is 228 g/mol. The normalized spacial score (nSPS) is 23.2. The number of hydrogen-bond acceptors (Lipinski definition) is 3. The number of hydrogen-bond donors (Lipinski definition) is 2. The molecular weight excluding hydrogens is 204 g/mol. The van der Waals surface area contributed by atoms with Gasteiger partial charge in [0.2, 0.25) is 0 Å². The fourth-order valence-corrected chi connectivity index (χ4v) is 1.66. The highest BCUT2D eigenvalue weighted by molar-refractivity contribution is 5.79. The van der Waals surface area contributed by atoms with Gasteiger partial charge in [0.25, 0.3) is 0 Å². The van der Waals surface area contributed by atoms with Crippen molar-refractivity contribution in [2.45, 2.75) is 19.4 Å². The Hall–Kier alpha value is -0.810. The summed E-state index contributed by atoms with van der Waals surface area (Å²) in [6, 6.07) is 0. The van der Waals surface area contributed by atoms with Crippen molar-refractivity contribution in [2.24, 2.45) is 4.99 Å². The van der Waals surface area contributed by atoms with Gasteiger partial charge in [-0.15, -0.1) is 0 Å². The Kier molecular flexibility index (Phi) is 6.18. The summed E-state index contributed by atoms with van der Waals surface area (Å²) < 4.78 is 5.66. The number of aliphatic imine (C=N–C) groups is 1. The number of likely N-dealkylation sites (N-methyl/N-ethyl adjacent to an activating group) is 1. The van der Waals surface area contributed by atoms with Crippen molar-refractivity contribution in [3.8, 4) is 0 Å². The maximum absolute atomic E-state index is 5.66. The van der Waals surface area contributed by atoms with Gasteiger partial charge in [0.05, 0.1) is 12.7 Å². The molecule has 1 heterocycles. The van der Waals surface area contributed by atoms with Crippen LogP contribution < -0.4 is 10.6 Å². The van der Waals surface area contributed by atoms with Crippen molar-refractivity contribution in [2.75, 3.05) is 46.9 Å². The van der Waals surface area contributed by atoms with Crippen LogP contribution in [-0.2, 0) is 4.74 Å². The summed E-state index contributed by atoms with van der Waals surface area (Å²) in [6.45, 7) is 6.74. The summed E-state index contributed by atoms with van der Waals surface area (Å²) in [5, 5.41) is 6.52. The third-order valence-electron chi connectivity index (χ3n) is 2.61. The maximum Gasteiger partial charge on any atom is 0.191 e. The highest BCUT2D eigenvalue weighted by atomic mass is 16.5. The summed E-state index contributed by atoms with van der Waals surface area (Å²) in [4.78, 5) is 6.44. The zero-order valence-corrected chi connectivity index (χ0v) is 10.6. The van der Waals surface area contributed by atoms with E-state index in [-0.39, 0.29) is 6.10 Å². The van der Waals surface area contributed by atoms with Crippen LogP contribution in [0.1, 0.15) is 13.3 Å². The highest BCUT2D eigenvalue weighted by Gasteiger charge is 2.17. The van der Waals surface area contributed by atoms with Gasteiger partial charge in [-0.3, -0.25) is 4.99 Å². The van der Waals surface area contributed by atoms with E-state index in [2.05, 4.69) is 34.5 Å². The van der Waals surface area contributed by atoms with E-state index in [0.717, 1.165) is 45.2 Å². The minimum atomic E-state index is 0.263. The fourth-order valence-electron chi connectivity index (χ4n) is 1.66. The number of guanidine groups is 1. The molecule has 1 rings (SSSR count). The zero-order chi connectivity index (χ0) is 11.8. The maximum atomic E-state index is 5.66. The Morgan fingerprint density at radius 1 is 1.50 bits per heavy atom. The monoisotopic (exact) mass is 228 g/mol. The molecule has 0 aromatic carbocycles. The van der Waals surface area contributed by atoms with E-state index in [1.807, 2.05) is 0 Å². The molecule has 0 aliphatic carbocycles. The van der Waals surface area contributed by atoms with Crippen molar-refractivity contribution in [1.82, 2.24) is 15.5 Å². The minimum absolute atomic E-state index is 0.263. The number of nitrogens with zero attached hydrogens (tertiary/aromatic N) is 2. The summed E-state index contributed by atoms with van der Waals surface area (Å²) >= 11 is 0. The lowest BCUT2D eigenvalue weighted by molar-refractivity contribution is -0.0161. The van der Waals surface area contributed by atoms with Crippen LogP contribution in [0.5, 0.6) is 0 Å². The van der Waals surface area contributed by atoms with Crippen LogP contribution in [0.2, 0.25) is 0 Å². The molecule has 16 heavy (non-hydrogen) atoms. The molecule has 0 bridgehead atoms. The van der Waals surface area contributed by atoms with Crippen LogP contribution >= 0.6 is 0 Å². The second kappa shape index (κ2) is 7.46. The van der Waals surface area contributed by atoms with E-state index in [0.29, 0.717) is 0 Å². The third kappa shape index (κ3) is 4.81. The van der Waals surface area contributed by atoms with Gasteiger partial charge in [-0.25, -0.2) is 0 Å². The van der Waals surface area contributed by atoms with Gasteiger partial charge in [-0.05, 0) is 13.5 Å². The van der Waals surface area contributed by atoms with Crippen LogP contribution in [0.3, 0.4) is 0 Å². The lowest BCUT2D eigenvalue weighted by Gasteiger charge is -2.30. The molecule has 0 amide bonds. The number of ether oxygens (including phenoxy) is 1. The largest absolute Gasteiger partial charge is 0.374 e. The average Bonchev–Trinajstić information content (AvgIpc) is 2.29. The predicted octanol–water partition coefficient (Wildman–Crippen LogP) is -0.108. The van der Waals surface area contributed by atoms with Gasteiger partial charge in [0.15, 0.2) is 5.96 Å². The van der Waals surface area contributed by atoms with E-state index >= 15 is 0 Å². The Morgan fingerprint density at radius 3 is 2.94 bits per heavy atom. The Morgan fingerprint density at radius 2 is 2.31 bits per heavy atom. The lowest BCUT2D eigenvalue weighted by Crippen LogP contribution is -2.48. The first-order chi connectivity index (χ1) is 7.76. The number of nitrogens with one attached hydrogen (secondary N) is 2. The Balaban J connectivity index is 2.21. The van der Waals surface area contributed by atoms with Crippen LogP contribution in [0.15, 0.2) is 4.99 Å². The first-order valence-electron chi connectivity index (χ1n) is 6.01. The molecule has 0 spiro atoms. The van der Waals surface area contributed by atoms with E-state index in [1.165, 1.54) is 0 Å². The van der Waals surface area contributed by atoms with Crippen molar-refractivity contribution in [1.29, 1.82) is 0 Å². The first-order valence-corrected chi connectivity index (χ1v) is 6.01. The molecular formula is C11H24N4O. The van der Waals surface area contributed by atoms with Crippen molar-refractivity contribution in [3.63, 3.8) is 0 Å². The molecule has 0 aromatic heterocycles. The molecule has 1 unspecified atom stereocenters. The van der Waals surface area contributed by atoms with Gasteiger partial charge in [-0.2, -0.15) is 0 Å². The van der Waals surface area contributed by atoms with Crippen molar-refractivity contribution in [3.05, 3.63) is 0 Å². The van der Waals surface area contributed by atoms with Gasteiger partial charge in [0.1, 0.15) is 0 Å². The molecule has 2 N–H and O–H groups in total. The Labute approximate surface area is 98.3 Å². The van der Waals surface area contributed by atoms with Gasteiger partial charge in [0, 0.05) is 33.2 Å². The molecule has 1 aliphatic rings. The lowest BCUT2D eigenvalue weighted by atomic mass is 10.3. The molecule has 0 radical (unpaired) electrons. The molecule has 1 saturated heterocycles. The second-order valence-electron chi connectivity index (χ2n) is 4.13. The third-order valence-corrected chi connectivity index (χ3v) is 2.61. The van der Waals surface area contributed by atoms with Crippen molar-refractivity contribution < 1.29 is 4.74 Å². The van der Waals surface area contributed by atoms with Crippen LogP contribution in [-0.4, -0.2) is 63.8 Å². The van der Waals surface area contributed by atoms with E-state index < -0.39 is 0 Å². The smallest absolute Gasteiger partial charge is 0.191 e. The van der Waals surface area contributed by atoms with Crippen molar-refractivity contribution >= 4 is 5.96 Å². The van der Waals surface area contributed by atoms with E-state index in [9.17, 15) is 0 Å². The summed E-state index contributed by atoms with van der Waals surface area (Å²) in [5.74, 6) is 0.860. The number of rotatable bonds is 4. The summed E-state index contributed by atoms with van der Waals surface area (Å²) in [5.41, 5.74) is 0. The van der Waals surface area contributed by atoms with E-state index in [1.54, 1.807) is 7.05 Å². The highest BCUT2D eigenvalue weighted by Crippen LogP contribution is 2.01. The molecule has 1 atom stereocenters. The molecule has 1 fully saturated rings. The Bertz CT molecular complexity index is 220. The molecule has 5 heteroatoms. The zero-order valence-electron chi connectivity index (χ0n) is 10.6. The second-order valence-corrected chi connectivity index (χ2v) is 4.13. The topological polar surface area (TPSA) is 48.9 Å². The standard InChI is InChI=1S/C11H24N4O/c1-4-5-13-11(12-2)14-8-10-9-15(3)6-7-16-10/h10H,4-9H2,1-3H3,(H2,12,13,14). The summed E-state index contributed by atoms with van der Waals surface area (Å²) in [7, 11) is 3.92. The molecule has 0 aromatic rings. The van der Waals surface area contributed by atoms with Crippen LogP contribution in [0.25, 0.3) is 0 Å². The minimum Gasteiger partial charge on any atom is -0.374 e. The van der Waals surface area contributed by atoms with Crippen LogP contribution in [0.4, 0.5) is 0 Å². The fraction of sp³-hybridized carbons (Fsp3) is 0.909. The summed E-state index contributed by atoms with van der Waals surface area (Å²) in [6.07, 6.45) is 1.36. The molecule has 1 aliphatic heterocycles. The quantitative estimate of drug-likeness (QED) is 0.521. The van der Waals surface area contributed by atoms with Gasteiger partial charge < -0.3 is 20.3 Å². The predicted molar refractivity (Wildman–Crippen MR) is 66.9 cm³/mol. The first kappa shape index (κ1) is 13.3.